The van der Waals surface area contributed by atoms with Gasteiger partial charge in [0.25, 0.3) is 0 Å². The molecule has 1 saturated carbocycles. The maximum atomic E-state index is 11.0. The highest BCUT2D eigenvalue weighted by atomic mass is 16.1. The van der Waals surface area contributed by atoms with Gasteiger partial charge in [-0.2, -0.15) is 0 Å². The molecule has 0 heterocycles. The van der Waals surface area contributed by atoms with Gasteiger partial charge in [0.1, 0.15) is 12.1 Å². The molecule has 0 spiro atoms. The zero-order chi connectivity index (χ0) is 7.56. The molecule has 2 heteroatoms. The van der Waals surface area contributed by atoms with Gasteiger partial charge in [-0.05, 0) is 12.8 Å². The van der Waals surface area contributed by atoms with Crippen molar-refractivity contribution in [3.63, 3.8) is 0 Å². The SMILES string of the molecule is C[C@@H]1C(=O)CCC[C@H]1C=O. The fourth-order valence-electron chi connectivity index (χ4n) is 1.41. The average molecular weight is 140 g/mol. The molecular weight excluding hydrogens is 128 g/mol. The molecule has 1 rings (SSSR count). The van der Waals surface area contributed by atoms with Gasteiger partial charge in [0.2, 0.25) is 0 Å². The Morgan fingerprint density at radius 2 is 2.30 bits per heavy atom. The molecule has 0 unspecified atom stereocenters. The first-order valence-electron chi connectivity index (χ1n) is 3.73. The molecule has 0 aromatic rings. The molecule has 0 aliphatic heterocycles. The van der Waals surface area contributed by atoms with Gasteiger partial charge in [-0.1, -0.05) is 6.92 Å². The zero-order valence-corrected chi connectivity index (χ0v) is 6.17. The van der Waals surface area contributed by atoms with E-state index in [1.807, 2.05) is 6.92 Å². The van der Waals surface area contributed by atoms with E-state index in [1.54, 1.807) is 0 Å². The lowest BCUT2D eigenvalue weighted by Crippen LogP contribution is -2.26. The van der Waals surface area contributed by atoms with Crippen LogP contribution in [0.4, 0.5) is 0 Å². The van der Waals surface area contributed by atoms with Gasteiger partial charge in [0.05, 0.1) is 0 Å². The Morgan fingerprint density at radius 3 is 2.80 bits per heavy atom. The van der Waals surface area contributed by atoms with Gasteiger partial charge >= 0.3 is 0 Å². The van der Waals surface area contributed by atoms with Gasteiger partial charge < -0.3 is 4.79 Å². The summed E-state index contributed by atoms with van der Waals surface area (Å²) < 4.78 is 0. The quantitative estimate of drug-likeness (QED) is 0.513. The van der Waals surface area contributed by atoms with Gasteiger partial charge in [-0.25, -0.2) is 0 Å². The van der Waals surface area contributed by atoms with Crippen molar-refractivity contribution in [3.05, 3.63) is 0 Å². The maximum absolute atomic E-state index is 11.0. The number of hydrogen-bond acceptors (Lipinski definition) is 2. The number of hydrogen-bond donors (Lipinski definition) is 0. The van der Waals surface area contributed by atoms with Crippen LogP contribution in [0.15, 0.2) is 0 Å². The second-order valence-corrected chi connectivity index (χ2v) is 2.95. The van der Waals surface area contributed by atoms with E-state index in [0.717, 1.165) is 19.1 Å². The molecule has 56 valence electrons. The van der Waals surface area contributed by atoms with Crippen LogP contribution in [0.5, 0.6) is 0 Å². The summed E-state index contributed by atoms with van der Waals surface area (Å²) in [6.45, 7) is 1.85. The highest BCUT2D eigenvalue weighted by Crippen LogP contribution is 2.24. The fraction of sp³-hybridized carbons (Fsp3) is 0.750. The smallest absolute Gasteiger partial charge is 0.136 e. The molecule has 10 heavy (non-hydrogen) atoms. The molecule has 0 bridgehead atoms. The molecule has 0 saturated heterocycles. The number of carbonyl (C=O) groups is 2. The first-order valence-corrected chi connectivity index (χ1v) is 3.73. The van der Waals surface area contributed by atoms with Crippen molar-refractivity contribution in [3.8, 4) is 0 Å². The third kappa shape index (κ3) is 1.25. The van der Waals surface area contributed by atoms with Crippen LogP contribution >= 0.6 is 0 Å². The maximum Gasteiger partial charge on any atom is 0.136 e. The summed E-state index contributed by atoms with van der Waals surface area (Å²) in [6, 6.07) is 0. The van der Waals surface area contributed by atoms with Crippen molar-refractivity contribution in [1.29, 1.82) is 0 Å². The van der Waals surface area contributed by atoms with Crippen LogP contribution < -0.4 is 0 Å². The molecule has 0 N–H and O–H groups in total. The van der Waals surface area contributed by atoms with Crippen molar-refractivity contribution in [2.75, 3.05) is 0 Å². The molecule has 0 aromatic heterocycles. The Hall–Kier alpha value is -0.660. The van der Waals surface area contributed by atoms with E-state index in [2.05, 4.69) is 0 Å². The van der Waals surface area contributed by atoms with Crippen LogP contribution in [0.3, 0.4) is 0 Å². The second kappa shape index (κ2) is 2.95. The molecule has 2 atom stereocenters. The number of rotatable bonds is 1. The minimum Gasteiger partial charge on any atom is -0.303 e. The normalized spacial score (nSPS) is 33.9. The van der Waals surface area contributed by atoms with E-state index < -0.39 is 0 Å². The summed E-state index contributed by atoms with van der Waals surface area (Å²) in [4.78, 5) is 21.4. The summed E-state index contributed by atoms with van der Waals surface area (Å²) in [5.41, 5.74) is 0. The summed E-state index contributed by atoms with van der Waals surface area (Å²) in [5.74, 6) is 0.232. The van der Waals surface area contributed by atoms with E-state index >= 15 is 0 Å². The van der Waals surface area contributed by atoms with Crippen LogP contribution in [0.2, 0.25) is 0 Å². The van der Waals surface area contributed by atoms with Crippen molar-refractivity contribution >= 4 is 12.1 Å². The van der Waals surface area contributed by atoms with E-state index in [0.29, 0.717) is 6.42 Å². The van der Waals surface area contributed by atoms with Crippen molar-refractivity contribution in [2.45, 2.75) is 26.2 Å². The third-order valence-corrected chi connectivity index (χ3v) is 2.29. The topological polar surface area (TPSA) is 34.1 Å². The van der Waals surface area contributed by atoms with Crippen molar-refractivity contribution < 1.29 is 9.59 Å². The molecule has 0 aromatic carbocycles. The molecule has 0 radical (unpaired) electrons. The Bertz CT molecular complexity index is 151. The van der Waals surface area contributed by atoms with Gasteiger partial charge in [0.15, 0.2) is 0 Å². The van der Waals surface area contributed by atoms with E-state index in [1.165, 1.54) is 0 Å². The number of carbonyl (C=O) groups excluding carboxylic acids is 2. The minimum absolute atomic E-state index is 0.00116. The van der Waals surface area contributed by atoms with Crippen molar-refractivity contribution in [1.82, 2.24) is 0 Å². The number of Topliss-reactive ketones (excluding diaryl/α,β-unsaturated/α-hetero) is 1. The third-order valence-electron chi connectivity index (χ3n) is 2.29. The summed E-state index contributed by atoms with van der Waals surface area (Å²) in [5, 5.41) is 0. The Morgan fingerprint density at radius 1 is 1.60 bits per heavy atom. The van der Waals surface area contributed by atoms with Crippen LogP contribution in [0.25, 0.3) is 0 Å². The Kier molecular flexibility index (Phi) is 2.20. The lowest BCUT2D eigenvalue weighted by molar-refractivity contribution is -0.129. The van der Waals surface area contributed by atoms with E-state index in [9.17, 15) is 9.59 Å². The van der Waals surface area contributed by atoms with E-state index in [4.69, 9.17) is 0 Å². The molecular formula is C8H12O2. The predicted octanol–water partition coefficient (Wildman–Crippen LogP) is 1.19. The fourth-order valence-corrected chi connectivity index (χ4v) is 1.41. The van der Waals surface area contributed by atoms with Crippen LogP contribution in [-0.2, 0) is 9.59 Å². The van der Waals surface area contributed by atoms with Crippen molar-refractivity contribution in [2.24, 2.45) is 11.8 Å². The Balaban J connectivity index is 2.59. The highest BCUT2D eigenvalue weighted by molar-refractivity contribution is 5.84. The zero-order valence-electron chi connectivity index (χ0n) is 6.17. The van der Waals surface area contributed by atoms with Crippen LogP contribution in [0, 0.1) is 11.8 Å². The van der Waals surface area contributed by atoms with Crippen LogP contribution in [-0.4, -0.2) is 12.1 Å². The van der Waals surface area contributed by atoms with Gasteiger partial charge in [-0.15, -0.1) is 0 Å². The standard InChI is InChI=1S/C8H12O2/c1-6-7(5-9)3-2-4-8(6)10/h5-7H,2-4H2,1H3/t6-,7-/m0/s1. The second-order valence-electron chi connectivity index (χ2n) is 2.95. The summed E-state index contributed by atoms with van der Waals surface area (Å²) >= 11 is 0. The molecule has 1 aliphatic rings. The molecule has 2 nitrogen and oxygen atoms in total. The minimum atomic E-state index is -0.0220. The highest BCUT2D eigenvalue weighted by Gasteiger charge is 2.26. The van der Waals surface area contributed by atoms with E-state index in [-0.39, 0.29) is 17.6 Å². The first kappa shape index (κ1) is 7.45. The monoisotopic (exact) mass is 140 g/mol. The molecule has 1 fully saturated rings. The lowest BCUT2D eigenvalue weighted by Gasteiger charge is -2.22. The number of aldehydes is 1. The first-order chi connectivity index (χ1) is 4.75. The summed E-state index contributed by atoms with van der Waals surface area (Å²) in [6.07, 6.45) is 3.39. The summed E-state index contributed by atoms with van der Waals surface area (Å²) in [7, 11) is 0. The van der Waals surface area contributed by atoms with Gasteiger partial charge in [0, 0.05) is 18.3 Å². The van der Waals surface area contributed by atoms with Gasteiger partial charge in [-0.3, -0.25) is 4.79 Å². The molecule has 1 aliphatic carbocycles. The Labute approximate surface area is 60.6 Å². The molecule has 0 amide bonds. The average Bonchev–Trinajstić information content (AvgIpc) is 1.95. The largest absolute Gasteiger partial charge is 0.303 e. The lowest BCUT2D eigenvalue weighted by atomic mass is 9.80. The number of ketones is 1. The van der Waals surface area contributed by atoms with Crippen LogP contribution in [0.1, 0.15) is 26.2 Å². The predicted molar refractivity (Wildman–Crippen MR) is 37.6 cm³/mol.